The Hall–Kier alpha value is -1.36. The zero-order valence-corrected chi connectivity index (χ0v) is 11.7. The number of aliphatic hydroxyl groups excluding tert-OH is 1. The Bertz CT molecular complexity index is 442. The van der Waals surface area contributed by atoms with Gasteiger partial charge in [0, 0.05) is 25.1 Å². The Morgan fingerprint density at radius 2 is 2.26 bits per heavy atom. The van der Waals surface area contributed by atoms with E-state index in [0.29, 0.717) is 12.2 Å². The topological polar surface area (TPSA) is 67.2 Å². The predicted octanol–water partition coefficient (Wildman–Crippen LogP) is 1.49. The quantitative estimate of drug-likeness (QED) is 0.866. The molecule has 0 spiro atoms. The lowest BCUT2D eigenvalue weighted by Crippen LogP contribution is -2.44. The molecule has 0 bridgehead atoms. The third-order valence-corrected chi connectivity index (χ3v) is 3.89. The highest BCUT2D eigenvalue weighted by molar-refractivity contribution is 5.92. The van der Waals surface area contributed by atoms with E-state index in [1.54, 1.807) is 4.68 Å². The average Bonchev–Trinajstić information content (AvgIpc) is 2.80. The molecule has 2 N–H and O–H groups in total. The van der Waals surface area contributed by atoms with Gasteiger partial charge in [-0.15, -0.1) is 0 Å². The largest absolute Gasteiger partial charge is 0.396 e. The van der Waals surface area contributed by atoms with Gasteiger partial charge < -0.3 is 10.4 Å². The van der Waals surface area contributed by atoms with Gasteiger partial charge in [0.2, 0.25) is 0 Å². The zero-order chi connectivity index (χ0) is 13.8. The van der Waals surface area contributed by atoms with E-state index in [0.717, 1.165) is 31.4 Å². The van der Waals surface area contributed by atoms with Gasteiger partial charge in [0.1, 0.15) is 5.69 Å². The molecule has 0 saturated heterocycles. The molecular formula is C14H23N3O2. The SMILES string of the molecule is CCn1nc(C)cc1C(=O)NC1CCCCC1CO. The van der Waals surface area contributed by atoms with Crippen LogP contribution in [0, 0.1) is 12.8 Å². The van der Waals surface area contributed by atoms with Crippen molar-refractivity contribution in [2.24, 2.45) is 5.92 Å². The maximum atomic E-state index is 12.3. The molecule has 106 valence electrons. The molecule has 5 nitrogen and oxygen atoms in total. The second kappa shape index (κ2) is 6.19. The van der Waals surface area contributed by atoms with Crippen LogP contribution < -0.4 is 5.32 Å². The summed E-state index contributed by atoms with van der Waals surface area (Å²) in [5.41, 5.74) is 1.47. The highest BCUT2D eigenvalue weighted by atomic mass is 16.3. The molecule has 2 unspecified atom stereocenters. The van der Waals surface area contributed by atoms with E-state index in [4.69, 9.17) is 0 Å². The first-order chi connectivity index (χ1) is 9.15. The average molecular weight is 265 g/mol. The number of aliphatic hydroxyl groups is 1. The van der Waals surface area contributed by atoms with Crippen molar-refractivity contribution in [3.63, 3.8) is 0 Å². The van der Waals surface area contributed by atoms with Crippen LogP contribution in [0.15, 0.2) is 6.07 Å². The van der Waals surface area contributed by atoms with E-state index >= 15 is 0 Å². The first-order valence-corrected chi connectivity index (χ1v) is 7.12. The molecule has 1 aliphatic carbocycles. The van der Waals surface area contributed by atoms with Gasteiger partial charge in [-0.05, 0) is 32.8 Å². The molecular weight excluding hydrogens is 242 g/mol. The lowest BCUT2D eigenvalue weighted by Gasteiger charge is -2.30. The summed E-state index contributed by atoms with van der Waals surface area (Å²) in [6.45, 7) is 4.70. The first-order valence-electron chi connectivity index (χ1n) is 7.12. The number of aromatic nitrogens is 2. The third-order valence-electron chi connectivity index (χ3n) is 3.89. The van der Waals surface area contributed by atoms with E-state index in [9.17, 15) is 9.90 Å². The van der Waals surface area contributed by atoms with E-state index in [-0.39, 0.29) is 24.5 Å². The zero-order valence-electron chi connectivity index (χ0n) is 11.7. The van der Waals surface area contributed by atoms with Crippen LogP contribution in [-0.4, -0.2) is 33.4 Å². The molecule has 0 radical (unpaired) electrons. The van der Waals surface area contributed by atoms with Crippen molar-refractivity contribution in [1.29, 1.82) is 0 Å². The van der Waals surface area contributed by atoms with Crippen molar-refractivity contribution in [2.75, 3.05) is 6.61 Å². The minimum Gasteiger partial charge on any atom is -0.396 e. The summed E-state index contributed by atoms with van der Waals surface area (Å²) in [7, 11) is 0. The summed E-state index contributed by atoms with van der Waals surface area (Å²) < 4.78 is 1.72. The number of rotatable bonds is 4. The van der Waals surface area contributed by atoms with Crippen LogP contribution in [0.25, 0.3) is 0 Å². The second-order valence-electron chi connectivity index (χ2n) is 5.29. The van der Waals surface area contributed by atoms with Crippen molar-refractivity contribution in [2.45, 2.75) is 52.1 Å². The lowest BCUT2D eigenvalue weighted by atomic mass is 9.85. The molecule has 1 saturated carbocycles. The van der Waals surface area contributed by atoms with E-state index < -0.39 is 0 Å². The van der Waals surface area contributed by atoms with Crippen LogP contribution in [0.5, 0.6) is 0 Å². The third kappa shape index (κ3) is 3.15. The Balaban J connectivity index is 2.07. The first kappa shape index (κ1) is 14.1. The van der Waals surface area contributed by atoms with E-state index in [1.165, 1.54) is 0 Å². The van der Waals surface area contributed by atoms with E-state index in [2.05, 4.69) is 10.4 Å². The number of aryl methyl sites for hydroxylation is 2. The normalized spacial score (nSPS) is 23.3. The molecule has 1 heterocycles. The summed E-state index contributed by atoms with van der Waals surface area (Å²) in [6.07, 6.45) is 4.21. The molecule has 2 rings (SSSR count). The van der Waals surface area contributed by atoms with Crippen LogP contribution in [0.4, 0.5) is 0 Å². The second-order valence-corrected chi connectivity index (χ2v) is 5.29. The summed E-state index contributed by atoms with van der Waals surface area (Å²) in [6, 6.07) is 1.90. The number of nitrogens with zero attached hydrogens (tertiary/aromatic N) is 2. The van der Waals surface area contributed by atoms with Crippen LogP contribution in [-0.2, 0) is 6.54 Å². The highest BCUT2D eigenvalue weighted by Crippen LogP contribution is 2.24. The molecule has 1 amide bonds. The van der Waals surface area contributed by atoms with Crippen LogP contribution in [0.2, 0.25) is 0 Å². The molecule has 2 atom stereocenters. The van der Waals surface area contributed by atoms with Crippen molar-refractivity contribution in [3.8, 4) is 0 Å². The van der Waals surface area contributed by atoms with Gasteiger partial charge in [0.15, 0.2) is 0 Å². The molecule has 1 aliphatic rings. The monoisotopic (exact) mass is 265 g/mol. The van der Waals surface area contributed by atoms with Gasteiger partial charge in [-0.25, -0.2) is 0 Å². The lowest BCUT2D eigenvalue weighted by molar-refractivity contribution is 0.0862. The summed E-state index contributed by atoms with van der Waals surface area (Å²) >= 11 is 0. The standard InChI is InChI=1S/C14H23N3O2/c1-3-17-13(8-10(2)16-17)14(19)15-12-7-5-4-6-11(12)9-18/h8,11-12,18H,3-7,9H2,1-2H3,(H,15,19). The van der Waals surface area contributed by atoms with Gasteiger partial charge in [-0.2, -0.15) is 5.10 Å². The highest BCUT2D eigenvalue weighted by Gasteiger charge is 2.27. The van der Waals surface area contributed by atoms with Gasteiger partial charge in [-0.1, -0.05) is 12.8 Å². The molecule has 1 aromatic heterocycles. The summed E-state index contributed by atoms with van der Waals surface area (Å²) in [5, 5.41) is 16.7. The molecule has 0 aromatic carbocycles. The van der Waals surface area contributed by atoms with Gasteiger partial charge >= 0.3 is 0 Å². The van der Waals surface area contributed by atoms with Crippen molar-refractivity contribution < 1.29 is 9.90 Å². The van der Waals surface area contributed by atoms with Crippen LogP contribution >= 0.6 is 0 Å². The fourth-order valence-corrected chi connectivity index (χ4v) is 2.83. The minimum atomic E-state index is -0.0761. The van der Waals surface area contributed by atoms with Gasteiger partial charge in [0.25, 0.3) is 5.91 Å². The Kier molecular flexibility index (Phi) is 4.58. The van der Waals surface area contributed by atoms with Crippen LogP contribution in [0.3, 0.4) is 0 Å². The maximum Gasteiger partial charge on any atom is 0.269 e. The fraction of sp³-hybridized carbons (Fsp3) is 0.714. The number of amides is 1. The van der Waals surface area contributed by atoms with Crippen LogP contribution in [0.1, 0.15) is 48.8 Å². The number of carbonyl (C=O) groups is 1. The predicted molar refractivity (Wildman–Crippen MR) is 72.9 cm³/mol. The minimum absolute atomic E-state index is 0.0761. The van der Waals surface area contributed by atoms with Crippen molar-refractivity contribution in [1.82, 2.24) is 15.1 Å². The van der Waals surface area contributed by atoms with Gasteiger partial charge in [0.05, 0.1) is 5.69 Å². The maximum absolute atomic E-state index is 12.3. The van der Waals surface area contributed by atoms with Crippen molar-refractivity contribution in [3.05, 3.63) is 17.5 Å². The summed E-state index contributed by atoms with van der Waals surface area (Å²) in [4.78, 5) is 12.3. The molecule has 0 aliphatic heterocycles. The number of carbonyl (C=O) groups excluding carboxylic acids is 1. The Morgan fingerprint density at radius 3 is 2.95 bits per heavy atom. The Labute approximate surface area is 114 Å². The Morgan fingerprint density at radius 1 is 1.53 bits per heavy atom. The molecule has 1 fully saturated rings. The molecule has 19 heavy (non-hydrogen) atoms. The molecule has 1 aromatic rings. The number of nitrogens with one attached hydrogen (secondary N) is 1. The summed E-state index contributed by atoms with van der Waals surface area (Å²) in [5.74, 6) is 0.115. The number of hydrogen-bond acceptors (Lipinski definition) is 3. The van der Waals surface area contributed by atoms with Gasteiger partial charge in [-0.3, -0.25) is 9.48 Å². The number of hydrogen-bond donors (Lipinski definition) is 2. The van der Waals surface area contributed by atoms with E-state index in [1.807, 2.05) is 19.9 Å². The van der Waals surface area contributed by atoms with Crippen molar-refractivity contribution >= 4 is 5.91 Å². The smallest absolute Gasteiger partial charge is 0.269 e. The fourth-order valence-electron chi connectivity index (χ4n) is 2.83. The molecule has 5 heteroatoms.